The van der Waals surface area contributed by atoms with Crippen LogP contribution >= 0.6 is 0 Å². The number of likely N-dealkylation sites (tertiary alicyclic amines) is 1. The normalized spacial score (nSPS) is 18.5. The van der Waals surface area contributed by atoms with Crippen molar-refractivity contribution in [3.8, 4) is 0 Å². The molecule has 1 fully saturated rings. The number of amides is 1. The molecule has 5 heteroatoms. The maximum Gasteiger partial charge on any atom is 0.410 e. The molecule has 114 valence electrons. The Balaban J connectivity index is 1.61. The van der Waals surface area contributed by atoms with E-state index in [1.54, 1.807) is 0 Å². The zero-order valence-corrected chi connectivity index (χ0v) is 12.0. The van der Waals surface area contributed by atoms with Crippen LogP contribution in [0.4, 0.5) is 9.18 Å². The first-order valence-electron chi connectivity index (χ1n) is 7.19. The molecule has 22 heavy (non-hydrogen) atoms. The molecule has 1 amide bonds. The third-order valence-corrected chi connectivity index (χ3v) is 3.79. The van der Waals surface area contributed by atoms with Crippen molar-refractivity contribution in [2.75, 3.05) is 13.1 Å². The van der Waals surface area contributed by atoms with E-state index in [9.17, 15) is 14.0 Å². The molecule has 1 atom stereocenters. The predicted octanol–water partition coefficient (Wildman–Crippen LogP) is 3.09. The van der Waals surface area contributed by atoms with Gasteiger partial charge in [0.15, 0.2) is 12.0 Å². The second-order valence-electron chi connectivity index (χ2n) is 5.37. The van der Waals surface area contributed by atoms with E-state index in [1.165, 1.54) is 4.90 Å². The fourth-order valence-corrected chi connectivity index (χ4v) is 2.52. The molecule has 1 heterocycles. The van der Waals surface area contributed by atoms with Gasteiger partial charge in [0.25, 0.3) is 0 Å². The van der Waals surface area contributed by atoms with Crippen LogP contribution in [0, 0.1) is 0 Å². The van der Waals surface area contributed by atoms with Gasteiger partial charge in [0.1, 0.15) is 6.61 Å². The fourth-order valence-electron chi connectivity index (χ4n) is 2.52. The number of benzene rings is 2. The van der Waals surface area contributed by atoms with E-state index in [0.717, 1.165) is 16.3 Å². The number of ether oxygens (including phenoxy) is 1. The molecule has 0 bridgehead atoms. The van der Waals surface area contributed by atoms with Crippen LogP contribution in [0.5, 0.6) is 0 Å². The molecule has 2 aromatic rings. The molecule has 1 unspecified atom stereocenters. The second-order valence-corrected chi connectivity index (χ2v) is 5.37. The highest BCUT2D eigenvalue weighted by Crippen LogP contribution is 2.17. The topological polar surface area (TPSA) is 46.6 Å². The first-order chi connectivity index (χ1) is 10.6. The van der Waals surface area contributed by atoms with Crippen molar-refractivity contribution < 1.29 is 18.7 Å². The van der Waals surface area contributed by atoms with Gasteiger partial charge < -0.3 is 9.64 Å². The van der Waals surface area contributed by atoms with Crippen LogP contribution in [0.1, 0.15) is 12.0 Å². The van der Waals surface area contributed by atoms with Crippen LogP contribution < -0.4 is 0 Å². The van der Waals surface area contributed by atoms with E-state index in [-0.39, 0.29) is 26.1 Å². The Morgan fingerprint density at radius 3 is 2.77 bits per heavy atom. The summed E-state index contributed by atoms with van der Waals surface area (Å²) < 4.78 is 18.5. The molecule has 1 saturated heterocycles. The number of piperidine rings is 1. The van der Waals surface area contributed by atoms with Gasteiger partial charge in [0.05, 0.1) is 6.54 Å². The van der Waals surface area contributed by atoms with Crippen LogP contribution in [-0.2, 0) is 16.1 Å². The molecule has 0 aliphatic carbocycles. The molecular formula is C17H16FNO3. The lowest BCUT2D eigenvalue weighted by Crippen LogP contribution is -2.45. The van der Waals surface area contributed by atoms with Gasteiger partial charge in [-0.05, 0) is 22.4 Å². The summed E-state index contributed by atoms with van der Waals surface area (Å²) in [4.78, 5) is 24.3. The van der Waals surface area contributed by atoms with Crippen molar-refractivity contribution in [2.45, 2.75) is 19.2 Å². The molecule has 2 aromatic carbocycles. The molecule has 0 radical (unpaired) electrons. The summed E-state index contributed by atoms with van der Waals surface area (Å²) in [6.07, 6.45) is -2.13. The summed E-state index contributed by atoms with van der Waals surface area (Å²) in [5.74, 6) is -0.446. The van der Waals surface area contributed by atoms with E-state index >= 15 is 0 Å². The zero-order valence-electron chi connectivity index (χ0n) is 12.0. The van der Waals surface area contributed by atoms with Gasteiger partial charge >= 0.3 is 6.09 Å². The van der Waals surface area contributed by atoms with Crippen molar-refractivity contribution >= 4 is 22.6 Å². The zero-order chi connectivity index (χ0) is 15.5. The van der Waals surface area contributed by atoms with E-state index in [2.05, 4.69) is 0 Å². The highest BCUT2D eigenvalue weighted by molar-refractivity contribution is 5.86. The SMILES string of the molecule is O=C1CCN(C(=O)OCc2ccc3ccccc3c2)CC1F. The minimum absolute atomic E-state index is 0.0479. The third kappa shape index (κ3) is 3.08. The Hall–Kier alpha value is -2.43. The van der Waals surface area contributed by atoms with Gasteiger partial charge in [-0.25, -0.2) is 9.18 Å². The molecular weight excluding hydrogens is 285 g/mol. The number of ketones is 1. The molecule has 3 rings (SSSR count). The number of nitrogens with zero attached hydrogens (tertiary/aromatic N) is 1. The van der Waals surface area contributed by atoms with Crippen molar-refractivity contribution in [2.24, 2.45) is 0 Å². The van der Waals surface area contributed by atoms with Crippen molar-refractivity contribution in [3.05, 3.63) is 48.0 Å². The van der Waals surface area contributed by atoms with Gasteiger partial charge in [-0.15, -0.1) is 0 Å². The van der Waals surface area contributed by atoms with Crippen LogP contribution in [0.3, 0.4) is 0 Å². The maximum absolute atomic E-state index is 13.3. The van der Waals surface area contributed by atoms with Gasteiger partial charge in [0.2, 0.25) is 0 Å². The number of carbonyl (C=O) groups excluding carboxylic acids is 2. The number of alkyl halides is 1. The lowest BCUT2D eigenvalue weighted by Gasteiger charge is -2.27. The monoisotopic (exact) mass is 301 g/mol. The van der Waals surface area contributed by atoms with E-state index in [0.29, 0.717) is 0 Å². The minimum Gasteiger partial charge on any atom is -0.445 e. The highest BCUT2D eigenvalue weighted by atomic mass is 19.1. The second kappa shape index (κ2) is 6.13. The minimum atomic E-state index is -1.60. The van der Waals surface area contributed by atoms with Crippen LogP contribution in [0.15, 0.2) is 42.5 Å². The van der Waals surface area contributed by atoms with Gasteiger partial charge in [-0.1, -0.05) is 36.4 Å². The summed E-state index contributed by atoms with van der Waals surface area (Å²) in [6, 6.07) is 13.7. The van der Waals surface area contributed by atoms with Crippen LogP contribution in [-0.4, -0.2) is 36.0 Å². The Bertz CT molecular complexity index is 716. The summed E-state index contributed by atoms with van der Waals surface area (Å²) in [6.45, 7) is 0.135. The summed E-state index contributed by atoms with van der Waals surface area (Å²) in [7, 11) is 0. The fraction of sp³-hybridized carbons (Fsp3) is 0.294. The molecule has 1 aliphatic rings. The number of halogens is 1. The average molecular weight is 301 g/mol. The Kier molecular flexibility index (Phi) is 4.04. The van der Waals surface area contributed by atoms with Gasteiger partial charge in [-0.2, -0.15) is 0 Å². The molecule has 1 aliphatic heterocycles. The molecule has 0 aromatic heterocycles. The van der Waals surface area contributed by atoms with Gasteiger partial charge in [0, 0.05) is 13.0 Å². The summed E-state index contributed by atoms with van der Waals surface area (Å²) in [5.41, 5.74) is 0.872. The lowest BCUT2D eigenvalue weighted by molar-refractivity contribution is -0.126. The number of hydrogen-bond acceptors (Lipinski definition) is 3. The number of carbonyl (C=O) groups is 2. The van der Waals surface area contributed by atoms with Crippen molar-refractivity contribution in [1.29, 1.82) is 0 Å². The number of rotatable bonds is 2. The summed E-state index contributed by atoms with van der Waals surface area (Å²) in [5, 5.41) is 2.19. The maximum atomic E-state index is 13.3. The first kappa shape index (κ1) is 14.5. The number of hydrogen-bond donors (Lipinski definition) is 0. The van der Waals surface area contributed by atoms with E-state index in [4.69, 9.17) is 4.74 Å². The standard InChI is InChI=1S/C17H16FNO3/c18-15-10-19(8-7-16(15)20)17(21)22-11-12-5-6-13-3-1-2-4-14(13)9-12/h1-6,9,15H,7-8,10-11H2. The summed E-state index contributed by atoms with van der Waals surface area (Å²) >= 11 is 0. The smallest absolute Gasteiger partial charge is 0.410 e. The van der Waals surface area contributed by atoms with E-state index < -0.39 is 18.0 Å². The van der Waals surface area contributed by atoms with Gasteiger partial charge in [-0.3, -0.25) is 4.79 Å². The van der Waals surface area contributed by atoms with Crippen molar-refractivity contribution in [1.82, 2.24) is 4.90 Å². The number of Topliss-reactive ketones (excluding diaryl/α,β-unsaturated/α-hetero) is 1. The largest absolute Gasteiger partial charge is 0.445 e. The molecule has 0 N–H and O–H groups in total. The molecule has 0 saturated carbocycles. The quantitative estimate of drug-likeness (QED) is 0.856. The Labute approximate surface area is 127 Å². The average Bonchev–Trinajstić information content (AvgIpc) is 2.55. The molecule has 4 nitrogen and oxygen atoms in total. The van der Waals surface area contributed by atoms with Crippen LogP contribution in [0.25, 0.3) is 10.8 Å². The molecule has 0 spiro atoms. The third-order valence-electron chi connectivity index (χ3n) is 3.79. The van der Waals surface area contributed by atoms with Crippen LogP contribution in [0.2, 0.25) is 0 Å². The Morgan fingerprint density at radius 2 is 2.00 bits per heavy atom. The highest BCUT2D eigenvalue weighted by Gasteiger charge is 2.30. The number of fused-ring (bicyclic) bond motifs is 1. The van der Waals surface area contributed by atoms with E-state index in [1.807, 2.05) is 42.5 Å². The van der Waals surface area contributed by atoms with Crippen molar-refractivity contribution in [3.63, 3.8) is 0 Å². The predicted molar refractivity (Wildman–Crippen MR) is 80.2 cm³/mol. The first-order valence-corrected chi connectivity index (χ1v) is 7.19. The lowest BCUT2D eigenvalue weighted by atomic mass is 10.1. The Morgan fingerprint density at radius 1 is 1.23 bits per heavy atom.